The van der Waals surface area contributed by atoms with E-state index in [-0.39, 0.29) is 17.7 Å². The first-order valence-corrected chi connectivity index (χ1v) is 11.6. The van der Waals surface area contributed by atoms with E-state index in [1.165, 1.54) is 11.3 Å². The van der Waals surface area contributed by atoms with Crippen LogP contribution in [0.1, 0.15) is 79.2 Å². The van der Waals surface area contributed by atoms with Gasteiger partial charge in [0.05, 0.1) is 11.6 Å². The fraction of sp³-hybridized carbons (Fsp3) is 0.522. The second-order valence-corrected chi connectivity index (χ2v) is 8.71. The van der Waals surface area contributed by atoms with E-state index in [1.807, 2.05) is 23.1 Å². The Hall–Kier alpha value is -2.21. The van der Waals surface area contributed by atoms with Gasteiger partial charge in [-0.2, -0.15) is 0 Å². The van der Waals surface area contributed by atoms with Crippen molar-refractivity contribution in [2.75, 3.05) is 18.4 Å². The third-order valence-corrected chi connectivity index (χ3v) is 6.43. The molecule has 0 bridgehead atoms. The van der Waals surface area contributed by atoms with Gasteiger partial charge in [-0.1, -0.05) is 44.9 Å². The highest BCUT2D eigenvalue weighted by atomic mass is 32.1. The molecule has 2 amide bonds. The molecule has 0 radical (unpaired) electrons. The quantitative estimate of drug-likeness (QED) is 0.611. The molecule has 0 spiro atoms. The molecule has 1 unspecified atom stereocenters. The van der Waals surface area contributed by atoms with Gasteiger partial charge in [0, 0.05) is 23.5 Å². The predicted molar refractivity (Wildman–Crippen MR) is 119 cm³/mol. The SMILES string of the molecule is CCCCN(CCCC)C(=O)C1CCCc2sc(NC(=O)c3ccccc3)nc21. The average molecular weight is 414 g/mol. The van der Waals surface area contributed by atoms with E-state index >= 15 is 0 Å². The van der Waals surface area contributed by atoms with Crippen LogP contribution in [0.15, 0.2) is 30.3 Å². The van der Waals surface area contributed by atoms with Crippen molar-refractivity contribution in [1.29, 1.82) is 0 Å². The summed E-state index contributed by atoms with van der Waals surface area (Å²) in [5.41, 5.74) is 1.49. The molecule has 5 nitrogen and oxygen atoms in total. The lowest BCUT2D eigenvalue weighted by molar-refractivity contribution is -0.133. The van der Waals surface area contributed by atoms with Gasteiger partial charge in [-0.3, -0.25) is 14.9 Å². The minimum atomic E-state index is -0.175. The van der Waals surface area contributed by atoms with Gasteiger partial charge in [0.15, 0.2) is 5.13 Å². The van der Waals surface area contributed by atoms with Crippen LogP contribution in [-0.4, -0.2) is 34.8 Å². The lowest BCUT2D eigenvalue weighted by Gasteiger charge is -2.29. The number of rotatable bonds is 9. The number of hydrogen-bond acceptors (Lipinski definition) is 4. The van der Waals surface area contributed by atoms with Crippen molar-refractivity contribution in [2.45, 2.75) is 64.7 Å². The Morgan fingerprint density at radius 1 is 1.14 bits per heavy atom. The Bertz CT molecular complexity index is 811. The van der Waals surface area contributed by atoms with E-state index in [4.69, 9.17) is 4.98 Å². The van der Waals surface area contributed by atoms with E-state index in [2.05, 4.69) is 19.2 Å². The molecule has 29 heavy (non-hydrogen) atoms. The molecule has 0 fully saturated rings. The minimum Gasteiger partial charge on any atom is -0.342 e. The molecule has 6 heteroatoms. The summed E-state index contributed by atoms with van der Waals surface area (Å²) in [4.78, 5) is 33.7. The summed E-state index contributed by atoms with van der Waals surface area (Å²) in [5.74, 6) is -0.128. The smallest absolute Gasteiger partial charge is 0.257 e. The standard InChI is InChI=1S/C23H31N3O2S/c1-3-5-15-26(16-6-4-2)22(28)18-13-10-14-19-20(18)24-23(29-19)25-21(27)17-11-8-7-9-12-17/h7-9,11-12,18H,3-6,10,13-16H2,1-2H3,(H,24,25,27). The van der Waals surface area contributed by atoms with Crippen LogP contribution in [0.25, 0.3) is 0 Å². The molecule has 156 valence electrons. The van der Waals surface area contributed by atoms with E-state index in [0.717, 1.165) is 68.6 Å². The highest BCUT2D eigenvalue weighted by Gasteiger charge is 2.33. The third-order valence-electron chi connectivity index (χ3n) is 5.38. The molecule has 1 aromatic heterocycles. The van der Waals surface area contributed by atoms with E-state index in [0.29, 0.717) is 10.7 Å². The predicted octanol–water partition coefficient (Wildman–Crippen LogP) is 5.24. The maximum absolute atomic E-state index is 13.3. The minimum absolute atomic E-state index is 0.160. The largest absolute Gasteiger partial charge is 0.342 e. The molecular weight excluding hydrogens is 382 g/mol. The van der Waals surface area contributed by atoms with Crippen molar-refractivity contribution in [3.05, 3.63) is 46.5 Å². The Kier molecular flexibility index (Phi) is 7.81. The zero-order valence-electron chi connectivity index (χ0n) is 17.4. The summed E-state index contributed by atoms with van der Waals surface area (Å²) < 4.78 is 0. The van der Waals surface area contributed by atoms with Gasteiger partial charge < -0.3 is 4.90 Å². The van der Waals surface area contributed by atoms with Crippen molar-refractivity contribution in [1.82, 2.24) is 9.88 Å². The van der Waals surface area contributed by atoms with Crippen LogP contribution in [0.4, 0.5) is 5.13 Å². The summed E-state index contributed by atoms with van der Waals surface area (Å²) in [6.07, 6.45) is 7.00. The number of nitrogens with one attached hydrogen (secondary N) is 1. The molecule has 0 saturated heterocycles. The van der Waals surface area contributed by atoms with Gasteiger partial charge in [-0.05, 0) is 44.2 Å². The highest BCUT2D eigenvalue weighted by molar-refractivity contribution is 7.15. The molecule has 3 rings (SSSR count). The lowest BCUT2D eigenvalue weighted by atomic mass is 9.89. The number of aromatic nitrogens is 1. The van der Waals surface area contributed by atoms with Gasteiger partial charge >= 0.3 is 0 Å². The number of fused-ring (bicyclic) bond motifs is 1. The number of benzene rings is 1. The molecule has 0 saturated carbocycles. The van der Waals surface area contributed by atoms with E-state index in [1.54, 1.807) is 12.1 Å². The van der Waals surface area contributed by atoms with Crippen LogP contribution in [0, 0.1) is 0 Å². The van der Waals surface area contributed by atoms with Crippen LogP contribution in [-0.2, 0) is 11.2 Å². The van der Waals surface area contributed by atoms with Crippen molar-refractivity contribution in [3.8, 4) is 0 Å². The van der Waals surface area contributed by atoms with Gasteiger partial charge in [0.25, 0.3) is 5.91 Å². The summed E-state index contributed by atoms with van der Waals surface area (Å²) in [6.45, 7) is 5.96. The average Bonchev–Trinajstić information content (AvgIpc) is 3.16. The van der Waals surface area contributed by atoms with Gasteiger partial charge in [0.2, 0.25) is 5.91 Å². The van der Waals surface area contributed by atoms with Crippen molar-refractivity contribution in [2.24, 2.45) is 0 Å². The molecule has 1 atom stereocenters. The van der Waals surface area contributed by atoms with Crippen molar-refractivity contribution in [3.63, 3.8) is 0 Å². The van der Waals surface area contributed by atoms with Crippen LogP contribution in [0.2, 0.25) is 0 Å². The van der Waals surface area contributed by atoms with Crippen molar-refractivity contribution < 1.29 is 9.59 Å². The first-order chi connectivity index (χ1) is 14.1. The lowest BCUT2D eigenvalue weighted by Crippen LogP contribution is -2.37. The Balaban J connectivity index is 1.75. The monoisotopic (exact) mass is 413 g/mol. The topological polar surface area (TPSA) is 62.3 Å². The molecule has 0 aliphatic heterocycles. The fourth-order valence-electron chi connectivity index (χ4n) is 3.72. The number of hydrogen-bond donors (Lipinski definition) is 1. The first-order valence-electron chi connectivity index (χ1n) is 10.8. The number of amides is 2. The second kappa shape index (κ2) is 10.5. The maximum atomic E-state index is 13.3. The van der Waals surface area contributed by atoms with E-state index < -0.39 is 0 Å². The van der Waals surface area contributed by atoms with Crippen LogP contribution >= 0.6 is 11.3 Å². The number of carbonyl (C=O) groups is 2. The molecule has 1 heterocycles. The normalized spacial score (nSPS) is 15.6. The molecule has 2 aromatic rings. The summed E-state index contributed by atoms with van der Waals surface area (Å²) in [6, 6.07) is 9.15. The number of carbonyl (C=O) groups excluding carboxylic acids is 2. The zero-order valence-corrected chi connectivity index (χ0v) is 18.3. The van der Waals surface area contributed by atoms with Crippen molar-refractivity contribution >= 4 is 28.3 Å². The second-order valence-electron chi connectivity index (χ2n) is 7.62. The Morgan fingerprint density at radius 3 is 2.48 bits per heavy atom. The van der Waals surface area contributed by atoms with Gasteiger partial charge in [0.1, 0.15) is 0 Å². The number of nitrogens with zero attached hydrogens (tertiary/aromatic N) is 2. The third kappa shape index (κ3) is 5.44. The Labute approximate surface area is 177 Å². The van der Waals surface area contributed by atoms with Crippen LogP contribution in [0.5, 0.6) is 0 Å². The highest BCUT2D eigenvalue weighted by Crippen LogP contribution is 2.38. The molecule has 1 N–H and O–H groups in total. The summed E-state index contributed by atoms with van der Waals surface area (Å²) in [7, 11) is 0. The molecule has 1 aliphatic rings. The van der Waals surface area contributed by atoms with Crippen LogP contribution in [0.3, 0.4) is 0 Å². The van der Waals surface area contributed by atoms with Gasteiger partial charge in [-0.25, -0.2) is 4.98 Å². The number of unbranched alkanes of at least 4 members (excludes halogenated alkanes) is 2. The summed E-state index contributed by atoms with van der Waals surface area (Å²) >= 11 is 1.51. The number of anilines is 1. The molecule has 1 aliphatic carbocycles. The zero-order chi connectivity index (χ0) is 20.6. The fourth-order valence-corrected chi connectivity index (χ4v) is 4.78. The molecular formula is C23H31N3O2S. The maximum Gasteiger partial charge on any atom is 0.257 e. The molecule has 1 aromatic carbocycles. The number of thiazole rings is 1. The Morgan fingerprint density at radius 2 is 1.83 bits per heavy atom. The summed E-state index contributed by atoms with van der Waals surface area (Å²) in [5, 5.41) is 3.51. The van der Waals surface area contributed by atoms with Crippen LogP contribution < -0.4 is 5.32 Å². The van der Waals surface area contributed by atoms with Gasteiger partial charge in [-0.15, -0.1) is 11.3 Å². The van der Waals surface area contributed by atoms with E-state index in [9.17, 15) is 9.59 Å². The first kappa shape index (κ1) is 21.5. The number of aryl methyl sites for hydroxylation is 1.